The van der Waals surface area contributed by atoms with Crippen molar-refractivity contribution in [2.24, 2.45) is 0 Å². The molecule has 0 saturated carbocycles. The van der Waals surface area contributed by atoms with Gasteiger partial charge in [-0.25, -0.2) is 4.98 Å². The van der Waals surface area contributed by atoms with Gasteiger partial charge in [0.15, 0.2) is 0 Å². The maximum atomic E-state index is 5.25. The van der Waals surface area contributed by atoms with Gasteiger partial charge >= 0.3 is 0 Å². The second-order valence-electron chi connectivity index (χ2n) is 5.03. The molecule has 2 aromatic heterocycles. The standard InChI is InChI=1S/C15H21N3OS/c1-10(2)17-8-13-12(9-19-4)18-15(20-13)14-11(3)6-5-7-16-14/h5-7,10,17H,8-9H2,1-4H3. The first kappa shape index (κ1) is 15.1. The molecule has 0 amide bonds. The average molecular weight is 291 g/mol. The highest BCUT2D eigenvalue weighted by Crippen LogP contribution is 2.29. The molecule has 0 aliphatic rings. The highest BCUT2D eigenvalue weighted by Gasteiger charge is 2.14. The number of aromatic nitrogens is 2. The van der Waals surface area contributed by atoms with Gasteiger partial charge in [0.1, 0.15) is 10.7 Å². The SMILES string of the molecule is COCc1nc(-c2ncccc2C)sc1CNC(C)C. The van der Waals surface area contributed by atoms with Crippen LogP contribution in [0.4, 0.5) is 0 Å². The molecule has 0 aliphatic carbocycles. The van der Waals surface area contributed by atoms with Crippen LogP contribution in [0.5, 0.6) is 0 Å². The van der Waals surface area contributed by atoms with E-state index in [1.54, 1.807) is 18.4 Å². The van der Waals surface area contributed by atoms with Gasteiger partial charge in [-0.3, -0.25) is 4.98 Å². The summed E-state index contributed by atoms with van der Waals surface area (Å²) in [6.07, 6.45) is 1.81. The van der Waals surface area contributed by atoms with Crippen molar-refractivity contribution >= 4 is 11.3 Å². The second kappa shape index (κ2) is 6.92. The molecular formula is C15H21N3OS. The smallest absolute Gasteiger partial charge is 0.142 e. The van der Waals surface area contributed by atoms with Gasteiger partial charge in [-0.1, -0.05) is 19.9 Å². The average Bonchev–Trinajstić information content (AvgIpc) is 2.80. The van der Waals surface area contributed by atoms with E-state index in [0.29, 0.717) is 12.6 Å². The lowest BCUT2D eigenvalue weighted by Crippen LogP contribution is -2.21. The second-order valence-corrected chi connectivity index (χ2v) is 6.11. The number of methoxy groups -OCH3 is 1. The summed E-state index contributed by atoms with van der Waals surface area (Å²) in [4.78, 5) is 10.4. The van der Waals surface area contributed by atoms with Gasteiger partial charge in [0.05, 0.1) is 12.3 Å². The Morgan fingerprint density at radius 1 is 1.40 bits per heavy atom. The van der Waals surface area contributed by atoms with Crippen molar-refractivity contribution in [2.45, 2.75) is 40.0 Å². The Morgan fingerprint density at radius 3 is 2.85 bits per heavy atom. The van der Waals surface area contributed by atoms with Crippen LogP contribution in [-0.4, -0.2) is 23.1 Å². The fourth-order valence-corrected chi connectivity index (χ4v) is 2.96. The number of pyridine rings is 1. The van der Waals surface area contributed by atoms with E-state index in [4.69, 9.17) is 9.72 Å². The van der Waals surface area contributed by atoms with Crippen molar-refractivity contribution < 1.29 is 4.74 Å². The zero-order valence-electron chi connectivity index (χ0n) is 12.4. The third kappa shape index (κ3) is 3.62. The van der Waals surface area contributed by atoms with Crippen LogP contribution >= 0.6 is 11.3 Å². The molecule has 20 heavy (non-hydrogen) atoms. The summed E-state index contributed by atoms with van der Waals surface area (Å²) >= 11 is 1.69. The molecule has 1 N–H and O–H groups in total. The fourth-order valence-electron chi connectivity index (χ4n) is 1.88. The Morgan fingerprint density at radius 2 is 2.20 bits per heavy atom. The van der Waals surface area contributed by atoms with Crippen molar-refractivity contribution in [3.05, 3.63) is 34.5 Å². The molecule has 2 heterocycles. The Kier molecular flexibility index (Phi) is 5.23. The van der Waals surface area contributed by atoms with Crippen molar-refractivity contribution in [1.82, 2.24) is 15.3 Å². The molecule has 108 valence electrons. The van der Waals surface area contributed by atoms with Crippen LogP contribution in [0.25, 0.3) is 10.7 Å². The third-order valence-electron chi connectivity index (χ3n) is 2.94. The lowest BCUT2D eigenvalue weighted by molar-refractivity contribution is 0.181. The first-order chi connectivity index (χ1) is 9.61. The maximum Gasteiger partial charge on any atom is 0.142 e. The van der Waals surface area contributed by atoms with Gasteiger partial charge in [-0.2, -0.15) is 0 Å². The van der Waals surface area contributed by atoms with Crippen LogP contribution in [0.3, 0.4) is 0 Å². The topological polar surface area (TPSA) is 47.0 Å². The minimum absolute atomic E-state index is 0.451. The van der Waals surface area contributed by atoms with E-state index < -0.39 is 0 Å². The molecular weight excluding hydrogens is 270 g/mol. The van der Waals surface area contributed by atoms with E-state index >= 15 is 0 Å². The van der Waals surface area contributed by atoms with Crippen molar-refractivity contribution in [3.63, 3.8) is 0 Å². The molecule has 0 aromatic carbocycles. The van der Waals surface area contributed by atoms with Crippen LogP contribution in [0.15, 0.2) is 18.3 Å². The number of nitrogens with zero attached hydrogens (tertiary/aromatic N) is 2. The van der Waals surface area contributed by atoms with Gasteiger partial charge in [-0.15, -0.1) is 11.3 Å². The zero-order chi connectivity index (χ0) is 14.5. The number of rotatable bonds is 6. The number of ether oxygens (including phenoxy) is 1. The maximum absolute atomic E-state index is 5.25. The third-order valence-corrected chi connectivity index (χ3v) is 4.05. The normalized spacial score (nSPS) is 11.2. The van der Waals surface area contributed by atoms with E-state index in [1.165, 1.54) is 4.88 Å². The molecule has 2 rings (SSSR count). The molecule has 5 heteroatoms. The van der Waals surface area contributed by atoms with Crippen LogP contribution in [0.2, 0.25) is 0 Å². The van der Waals surface area contributed by atoms with E-state index in [-0.39, 0.29) is 0 Å². The zero-order valence-corrected chi connectivity index (χ0v) is 13.3. The first-order valence-corrected chi connectivity index (χ1v) is 7.56. The molecule has 0 atom stereocenters. The molecule has 4 nitrogen and oxygen atoms in total. The van der Waals surface area contributed by atoms with Crippen LogP contribution in [0.1, 0.15) is 30.0 Å². The lowest BCUT2D eigenvalue weighted by atomic mass is 10.2. The van der Waals surface area contributed by atoms with Gasteiger partial charge in [-0.05, 0) is 18.6 Å². The number of hydrogen-bond acceptors (Lipinski definition) is 5. The van der Waals surface area contributed by atoms with Gasteiger partial charge in [0.25, 0.3) is 0 Å². The number of aryl methyl sites for hydroxylation is 1. The van der Waals surface area contributed by atoms with Crippen LogP contribution in [-0.2, 0) is 17.9 Å². The molecule has 2 aromatic rings. The van der Waals surface area contributed by atoms with E-state index in [2.05, 4.69) is 37.1 Å². The van der Waals surface area contributed by atoms with Crippen molar-refractivity contribution in [2.75, 3.05) is 7.11 Å². The lowest BCUT2D eigenvalue weighted by Gasteiger charge is -2.07. The Labute approximate surface area is 124 Å². The summed E-state index contributed by atoms with van der Waals surface area (Å²) in [5.74, 6) is 0. The largest absolute Gasteiger partial charge is 0.378 e. The Hall–Kier alpha value is -1.30. The number of nitrogens with one attached hydrogen (secondary N) is 1. The number of hydrogen-bond donors (Lipinski definition) is 1. The predicted octanol–water partition coefficient (Wildman–Crippen LogP) is 3.16. The molecule has 0 aliphatic heterocycles. The summed E-state index contributed by atoms with van der Waals surface area (Å²) in [6, 6.07) is 4.46. The minimum atomic E-state index is 0.451. The molecule has 0 fully saturated rings. The van der Waals surface area contributed by atoms with E-state index in [9.17, 15) is 0 Å². The van der Waals surface area contributed by atoms with Crippen LogP contribution < -0.4 is 5.32 Å². The summed E-state index contributed by atoms with van der Waals surface area (Å²) in [7, 11) is 1.70. The first-order valence-electron chi connectivity index (χ1n) is 6.74. The fraction of sp³-hybridized carbons (Fsp3) is 0.467. The quantitative estimate of drug-likeness (QED) is 0.888. The monoisotopic (exact) mass is 291 g/mol. The van der Waals surface area contributed by atoms with E-state index in [0.717, 1.165) is 28.5 Å². The summed E-state index contributed by atoms with van der Waals surface area (Å²) in [5, 5.41) is 4.40. The predicted molar refractivity (Wildman–Crippen MR) is 82.8 cm³/mol. The van der Waals surface area contributed by atoms with Crippen LogP contribution in [0, 0.1) is 6.92 Å². The van der Waals surface area contributed by atoms with Gasteiger partial charge in [0, 0.05) is 30.8 Å². The summed E-state index contributed by atoms with van der Waals surface area (Å²) < 4.78 is 5.25. The highest BCUT2D eigenvalue weighted by atomic mass is 32.1. The molecule has 0 bridgehead atoms. The molecule has 0 unspecified atom stereocenters. The number of thiazole rings is 1. The van der Waals surface area contributed by atoms with Gasteiger partial charge in [0.2, 0.25) is 0 Å². The Bertz CT molecular complexity index is 566. The molecule has 0 spiro atoms. The minimum Gasteiger partial charge on any atom is -0.378 e. The molecule has 0 radical (unpaired) electrons. The van der Waals surface area contributed by atoms with Crippen molar-refractivity contribution in [3.8, 4) is 10.7 Å². The van der Waals surface area contributed by atoms with E-state index in [1.807, 2.05) is 12.3 Å². The molecule has 0 saturated heterocycles. The highest BCUT2D eigenvalue weighted by molar-refractivity contribution is 7.15. The summed E-state index contributed by atoms with van der Waals surface area (Å²) in [6.45, 7) is 7.70. The van der Waals surface area contributed by atoms with Gasteiger partial charge < -0.3 is 10.1 Å². The van der Waals surface area contributed by atoms with Crippen molar-refractivity contribution in [1.29, 1.82) is 0 Å². The summed E-state index contributed by atoms with van der Waals surface area (Å²) in [5.41, 5.74) is 3.12. The Balaban J connectivity index is 2.31.